The molecule has 0 fully saturated rings. The molecule has 0 aliphatic rings. The number of nitrogens with one attached hydrogen (secondary N) is 1. The van der Waals surface area contributed by atoms with Gasteiger partial charge in [-0.15, -0.1) is 0 Å². The molecule has 2 N–H and O–H groups in total. The molecule has 0 spiro atoms. The van der Waals surface area contributed by atoms with E-state index in [0.29, 0.717) is 11.4 Å². The molecule has 2 aromatic rings. The zero-order valence-electron chi connectivity index (χ0n) is 10.2. The Morgan fingerprint density at radius 1 is 1.26 bits per heavy atom. The quantitative estimate of drug-likeness (QED) is 0.896. The van der Waals surface area contributed by atoms with E-state index in [2.05, 4.69) is 21.2 Å². The van der Waals surface area contributed by atoms with Crippen LogP contribution in [0.4, 0.5) is 11.4 Å². The number of para-hydroxylation sites is 1. The van der Waals surface area contributed by atoms with Crippen LogP contribution in [0.2, 0.25) is 0 Å². The molecule has 0 bridgehead atoms. The minimum absolute atomic E-state index is 0.224. The van der Waals surface area contributed by atoms with Crippen molar-refractivity contribution in [2.45, 2.75) is 0 Å². The molecule has 0 aliphatic carbocycles. The topological polar surface area (TPSA) is 58.6 Å². The number of hydrogen-bond donors (Lipinski definition) is 2. The molecule has 98 valence electrons. The van der Waals surface area contributed by atoms with Crippen LogP contribution in [0.5, 0.6) is 5.75 Å². The standard InChI is InChI=1S/C14H12BrNO3/c1-19-11-7-9(15)6-10(8-11)16-13-5-3-2-4-12(13)14(17)18/h2-8,16H,1H3,(H,17,18). The number of carboxylic acids is 1. The molecule has 19 heavy (non-hydrogen) atoms. The summed E-state index contributed by atoms with van der Waals surface area (Å²) in [6, 6.07) is 12.2. The molecule has 0 atom stereocenters. The number of anilines is 2. The van der Waals surface area contributed by atoms with Gasteiger partial charge < -0.3 is 15.2 Å². The van der Waals surface area contributed by atoms with Gasteiger partial charge >= 0.3 is 5.97 Å². The molecule has 2 rings (SSSR count). The average Bonchev–Trinajstić information content (AvgIpc) is 2.38. The van der Waals surface area contributed by atoms with Crippen LogP contribution >= 0.6 is 15.9 Å². The molecule has 0 aromatic heterocycles. The molecular formula is C14H12BrNO3. The highest BCUT2D eigenvalue weighted by molar-refractivity contribution is 9.10. The number of carboxylic acid groups (broad SMARTS) is 1. The van der Waals surface area contributed by atoms with Gasteiger partial charge in [0, 0.05) is 16.2 Å². The highest BCUT2D eigenvalue weighted by Crippen LogP contribution is 2.28. The molecular weight excluding hydrogens is 310 g/mol. The van der Waals surface area contributed by atoms with Crippen LogP contribution in [-0.4, -0.2) is 18.2 Å². The second-order valence-corrected chi connectivity index (χ2v) is 4.77. The summed E-state index contributed by atoms with van der Waals surface area (Å²) in [5.74, 6) is -0.283. The van der Waals surface area contributed by atoms with E-state index in [0.717, 1.165) is 10.2 Å². The van der Waals surface area contributed by atoms with Gasteiger partial charge in [-0.3, -0.25) is 0 Å². The normalized spacial score (nSPS) is 10.0. The average molecular weight is 322 g/mol. The Kier molecular flexibility index (Phi) is 4.06. The minimum Gasteiger partial charge on any atom is -0.497 e. The molecule has 0 heterocycles. The first-order chi connectivity index (χ1) is 9.10. The molecule has 0 aliphatic heterocycles. The van der Waals surface area contributed by atoms with E-state index in [1.807, 2.05) is 12.1 Å². The lowest BCUT2D eigenvalue weighted by molar-refractivity contribution is 0.0698. The SMILES string of the molecule is COc1cc(Br)cc(Nc2ccccc2C(=O)O)c1. The van der Waals surface area contributed by atoms with E-state index in [9.17, 15) is 4.79 Å². The van der Waals surface area contributed by atoms with Gasteiger partial charge in [0.25, 0.3) is 0 Å². The summed E-state index contributed by atoms with van der Waals surface area (Å²) >= 11 is 3.38. The molecule has 4 nitrogen and oxygen atoms in total. The number of ether oxygens (including phenoxy) is 1. The van der Waals surface area contributed by atoms with Crippen molar-refractivity contribution in [2.24, 2.45) is 0 Å². The summed E-state index contributed by atoms with van der Waals surface area (Å²) in [4.78, 5) is 11.1. The summed E-state index contributed by atoms with van der Waals surface area (Å²) in [7, 11) is 1.58. The largest absolute Gasteiger partial charge is 0.497 e. The van der Waals surface area contributed by atoms with E-state index < -0.39 is 5.97 Å². The van der Waals surface area contributed by atoms with Crippen LogP contribution in [0.1, 0.15) is 10.4 Å². The lowest BCUT2D eigenvalue weighted by Crippen LogP contribution is -2.02. The highest BCUT2D eigenvalue weighted by atomic mass is 79.9. The van der Waals surface area contributed by atoms with Gasteiger partial charge in [0.15, 0.2) is 0 Å². The summed E-state index contributed by atoms with van der Waals surface area (Å²) in [5, 5.41) is 12.2. The summed E-state index contributed by atoms with van der Waals surface area (Å²) in [6.45, 7) is 0. The van der Waals surface area contributed by atoms with E-state index in [-0.39, 0.29) is 5.56 Å². The van der Waals surface area contributed by atoms with Gasteiger partial charge in [-0.2, -0.15) is 0 Å². The van der Waals surface area contributed by atoms with Crippen molar-refractivity contribution >= 4 is 33.3 Å². The summed E-state index contributed by atoms with van der Waals surface area (Å²) < 4.78 is 6.01. The second-order valence-electron chi connectivity index (χ2n) is 3.86. The number of benzene rings is 2. The van der Waals surface area contributed by atoms with Gasteiger partial charge in [0.1, 0.15) is 5.75 Å². The van der Waals surface area contributed by atoms with Gasteiger partial charge in [-0.25, -0.2) is 4.79 Å². The van der Waals surface area contributed by atoms with Gasteiger partial charge in [0.05, 0.1) is 18.4 Å². The third-order valence-corrected chi connectivity index (χ3v) is 3.00. The first kappa shape index (κ1) is 13.4. The second kappa shape index (κ2) is 5.75. The maximum absolute atomic E-state index is 11.1. The van der Waals surface area contributed by atoms with Crippen molar-refractivity contribution in [3.05, 3.63) is 52.5 Å². The van der Waals surface area contributed by atoms with E-state index >= 15 is 0 Å². The number of hydrogen-bond acceptors (Lipinski definition) is 3. The number of methoxy groups -OCH3 is 1. The first-order valence-electron chi connectivity index (χ1n) is 5.54. The van der Waals surface area contributed by atoms with E-state index in [4.69, 9.17) is 9.84 Å². The van der Waals surface area contributed by atoms with Crippen molar-refractivity contribution < 1.29 is 14.6 Å². The minimum atomic E-state index is -0.968. The lowest BCUT2D eigenvalue weighted by Gasteiger charge is -2.11. The summed E-state index contributed by atoms with van der Waals surface area (Å²) in [5.41, 5.74) is 1.51. The van der Waals surface area contributed by atoms with Crippen LogP contribution in [0, 0.1) is 0 Å². The molecule has 0 unspecified atom stereocenters. The van der Waals surface area contributed by atoms with E-state index in [1.54, 1.807) is 37.4 Å². The Morgan fingerprint density at radius 3 is 2.68 bits per heavy atom. The smallest absolute Gasteiger partial charge is 0.337 e. The van der Waals surface area contributed by atoms with Crippen molar-refractivity contribution in [3.8, 4) is 5.75 Å². The third kappa shape index (κ3) is 3.26. The number of aromatic carboxylic acids is 1. The lowest BCUT2D eigenvalue weighted by atomic mass is 10.1. The van der Waals surface area contributed by atoms with Crippen molar-refractivity contribution in [3.63, 3.8) is 0 Å². The molecule has 0 saturated carbocycles. The van der Waals surface area contributed by atoms with E-state index in [1.165, 1.54) is 0 Å². The van der Waals surface area contributed by atoms with Crippen LogP contribution in [0.3, 0.4) is 0 Å². The van der Waals surface area contributed by atoms with Gasteiger partial charge in [0.2, 0.25) is 0 Å². The Hall–Kier alpha value is -2.01. The Morgan fingerprint density at radius 2 is 2.00 bits per heavy atom. The Balaban J connectivity index is 2.36. The van der Waals surface area contributed by atoms with Crippen LogP contribution in [0.15, 0.2) is 46.9 Å². The van der Waals surface area contributed by atoms with Crippen LogP contribution < -0.4 is 10.1 Å². The van der Waals surface area contributed by atoms with Crippen LogP contribution in [-0.2, 0) is 0 Å². The predicted molar refractivity (Wildman–Crippen MR) is 77.4 cm³/mol. The number of halogens is 1. The van der Waals surface area contributed by atoms with Gasteiger partial charge in [-0.05, 0) is 24.3 Å². The highest BCUT2D eigenvalue weighted by Gasteiger charge is 2.09. The Bertz CT molecular complexity index is 613. The molecule has 2 aromatic carbocycles. The maximum Gasteiger partial charge on any atom is 0.337 e. The number of rotatable bonds is 4. The molecule has 5 heteroatoms. The maximum atomic E-state index is 11.1. The third-order valence-electron chi connectivity index (χ3n) is 2.54. The Labute approximate surface area is 119 Å². The van der Waals surface area contributed by atoms with Crippen LogP contribution in [0.25, 0.3) is 0 Å². The van der Waals surface area contributed by atoms with Crippen molar-refractivity contribution in [1.29, 1.82) is 0 Å². The number of carbonyl (C=O) groups is 1. The molecule has 0 saturated heterocycles. The fourth-order valence-electron chi connectivity index (χ4n) is 1.69. The van der Waals surface area contributed by atoms with Crippen molar-refractivity contribution in [2.75, 3.05) is 12.4 Å². The van der Waals surface area contributed by atoms with Gasteiger partial charge in [-0.1, -0.05) is 28.1 Å². The summed E-state index contributed by atoms with van der Waals surface area (Å²) in [6.07, 6.45) is 0. The zero-order chi connectivity index (χ0) is 13.8. The molecule has 0 radical (unpaired) electrons. The monoisotopic (exact) mass is 321 g/mol. The first-order valence-corrected chi connectivity index (χ1v) is 6.33. The fraction of sp³-hybridized carbons (Fsp3) is 0.0714. The molecule has 0 amide bonds. The fourth-order valence-corrected chi connectivity index (χ4v) is 2.16. The zero-order valence-corrected chi connectivity index (χ0v) is 11.8. The van der Waals surface area contributed by atoms with Crippen molar-refractivity contribution in [1.82, 2.24) is 0 Å². The predicted octanol–water partition coefficient (Wildman–Crippen LogP) is 3.90.